The molecule has 2 aliphatic rings. The summed E-state index contributed by atoms with van der Waals surface area (Å²) in [5.74, 6) is 0.913. The van der Waals surface area contributed by atoms with Gasteiger partial charge in [-0.25, -0.2) is 13.6 Å². The Kier molecular flexibility index (Phi) is 3.45. The molecule has 22 heavy (non-hydrogen) atoms. The van der Waals surface area contributed by atoms with Crippen molar-refractivity contribution in [2.45, 2.75) is 17.7 Å². The Morgan fingerprint density at radius 2 is 2.18 bits per heavy atom. The van der Waals surface area contributed by atoms with Crippen LogP contribution in [0.3, 0.4) is 0 Å². The first-order valence-corrected chi connectivity index (χ1v) is 8.21. The Bertz CT molecular complexity index is 800. The summed E-state index contributed by atoms with van der Waals surface area (Å²) in [7, 11) is -3.99. The highest BCUT2D eigenvalue weighted by Gasteiger charge is 2.37. The van der Waals surface area contributed by atoms with E-state index in [9.17, 15) is 18.5 Å². The average Bonchev–Trinajstić information content (AvgIpc) is 2.79. The van der Waals surface area contributed by atoms with Crippen LogP contribution in [0.1, 0.15) is 12.8 Å². The molecule has 2 unspecified atom stereocenters. The average molecular weight is 322 g/mol. The molecule has 0 heterocycles. The molecule has 1 aromatic rings. The van der Waals surface area contributed by atoms with E-state index < -0.39 is 14.9 Å². The number of anilines is 1. The highest BCUT2D eigenvalue weighted by atomic mass is 32.2. The third kappa shape index (κ3) is 2.60. The maximum absolute atomic E-state index is 11.3. The number of benzene rings is 1. The van der Waals surface area contributed by atoms with Gasteiger partial charge < -0.3 is 0 Å². The summed E-state index contributed by atoms with van der Waals surface area (Å²) in [5.41, 5.74) is 3.37. The van der Waals surface area contributed by atoms with Crippen LogP contribution in [0.15, 0.2) is 40.3 Å². The third-order valence-electron chi connectivity index (χ3n) is 3.96. The van der Waals surface area contributed by atoms with Gasteiger partial charge in [0.15, 0.2) is 0 Å². The van der Waals surface area contributed by atoms with Crippen LogP contribution in [0.4, 0.5) is 11.4 Å². The molecule has 8 nitrogen and oxygen atoms in total. The zero-order chi connectivity index (χ0) is 15.9. The number of hydrogen-bond donors (Lipinski definition) is 2. The van der Waals surface area contributed by atoms with Crippen molar-refractivity contribution in [1.82, 2.24) is 0 Å². The first kappa shape index (κ1) is 14.7. The van der Waals surface area contributed by atoms with E-state index in [1.165, 1.54) is 12.1 Å². The molecule has 0 radical (unpaired) electrons. The Hall–Kier alpha value is -2.26. The topological polar surface area (TPSA) is 128 Å². The van der Waals surface area contributed by atoms with Crippen LogP contribution in [0.5, 0.6) is 0 Å². The predicted octanol–water partition coefficient (Wildman–Crippen LogP) is 1.61. The van der Waals surface area contributed by atoms with Gasteiger partial charge in [0.05, 0.1) is 9.82 Å². The van der Waals surface area contributed by atoms with Gasteiger partial charge in [-0.05, 0) is 30.9 Å². The van der Waals surface area contributed by atoms with Crippen LogP contribution in [-0.2, 0) is 10.0 Å². The minimum Gasteiger partial charge on any atom is -0.272 e. The maximum atomic E-state index is 11.3. The molecule has 3 N–H and O–H groups in total. The zero-order valence-corrected chi connectivity index (χ0v) is 12.3. The number of nitro benzene ring substituents is 1. The summed E-state index contributed by atoms with van der Waals surface area (Å²) < 4.78 is 22.5. The molecule has 9 heteroatoms. The Morgan fingerprint density at radius 3 is 2.82 bits per heavy atom. The number of nitrogens with one attached hydrogen (secondary N) is 1. The quantitative estimate of drug-likeness (QED) is 0.494. The molecule has 2 atom stereocenters. The first-order valence-electron chi connectivity index (χ1n) is 6.66. The number of nitrogens with two attached hydrogens (primary N) is 1. The monoisotopic (exact) mass is 322 g/mol. The minimum absolute atomic E-state index is 0.135. The molecular formula is C13H14N4O4S. The van der Waals surface area contributed by atoms with Crippen molar-refractivity contribution in [1.29, 1.82) is 0 Å². The molecule has 1 saturated carbocycles. The number of nitro groups is 1. The number of primary sulfonamides is 1. The summed E-state index contributed by atoms with van der Waals surface area (Å²) in [4.78, 5) is 10.1. The molecule has 0 saturated heterocycles. The second kappa shape index (κ2) is 5.18. The number of hydrogen-bond acceptors (Lipinski definition) is 6. The van der Waals surface area contributed by atoms with Gasteiger partial charge in [-0.1, -0.05) is 12.2 Å². The van der Waals surface area contributed by atoms with E-state index in [0.717, 1.165) is 24.6 Å². The van der Waals surface area contributed by atoms with Crippen molar-refractivity contribution >= 4 is 27.1 Å². The molecule has 0 amide bonds. The van der Waals surface area contributed by atoms with Crippen molar-refractivity contribution in [3.05, 3.63) is 40.5 Å². The second-order valence-corrected chi connectivity index (χ2v) is 6.91. The van der Waals surface area contributed by atoms with E-state index in [2.05, 4.69) is 22.7 Å². The fraction of sp³-hybridized carbons (Fsp3) is 0.308. The molecule has 3 rings (SSSR count). The maximum Gasteiger partial charge on any atom is 0.295 e. The van der Waals surface area contributed by atoms with E-state index in [4.69, 9.17) is 5.14 Å². The second-order valence-electron chi connectivity index (χ2n) is 5.35. The standard InChI is InChI=1S/C13H14N4O4S/c14-22(20,21)9-4-5-11(13(7-9)17(18)19)15-16-12-6-8-2-1-3-10(8)12/h1,3-5,7-8,10,15H,2,6H2,(H2,14,20,21). The lowest BCUT2D eigenvalue weighted by atomic mass is 9.74. The van der Waals surface area contributed by atoms with Crippen molar-refractivity contribution in [3.63, 3.8) is 0 Å². The Labute approximate surface area is 126 Å². The normalized spacial score (nSPS) is 24.9. The molecular weight excluding hydrogens is 308 g/mol. The number of nitrogens with zero attached hydrogens (tertiary/aromatic N) is 2. The molecule has 1 fully saturated rings. The smallest absolute Gasteiger partial charge is 0.272 e. The van der Waals surface area contributed by atoms with Gasteiger partial charge in [0.1, 0.15) is 5.69 Å². The molecule has 0 aliphatic heterocycles. The lowest BCUT2D eigenvalue weighted by molar-refractivity contribution is -0.384. The van der Waals surface area contributed by atoms with Gasteiger partial charge in [0.2, 0.25) is 10.0 Å². The summed E-state index contributed by atoms with van der Waals surface area (Å²) in [6.07, 6.45) is 6.12. The number of fused-ring (bicyclic) bond motifs is 1. The molecule has 0 bridgehead atoms. The van der Waals surface area contributed by atoms with Crippen molar-refractivity contribution in [2.24, 2.45) is 22.1 Å². The predicted molar refractivity (Wildman–Crippen MR) is 80.9 cm³/mol. The first-order chi connectivity index (χ1) is 10.4. The molecule has 1 aromatic carbocycles. The van der Waals surface area contributed by atoms with Crippen LogP contribution >= 0.6 is 0 Å². The van der Waals surface area contributed by atoms with Gasteiger partial charge in [-0.3, -0.25) is 15.5 Å². The van der Waals surface area contributed by atoms with Gasteiger partial charge in [-0.15, -0.1) is 0 Å². The lowest BCUT2D eigenvalue weighted by Crippen LogP contribution is -2.33. The lowest BCUT2D eigenvalue weighted by Gasteiger charge is -2.31. The van der Waals surface area contributed by atoms with Crippen molar-refractivity contribution < 1.29 is 13.3 Å². The van der Waals surface area contributed by atoms with Gasteiger partial charge in [0.25, 0.3) is 5.69 Å². The van der Waals surface area contributed by atoms with Crippen molar-refractivity contribution in [3.8, 4) is 0 Å². The summed E-state index contributed by atoms with van der Waals surface area (Å²) in [6.45, 7) is 0. The highest BCUT2D eigenvalue weighted by Crippen LogP contribution is 2.40. The Balaban J connectivity index is 1.86. The van der Waals surface area contributed by atoms with Crippen LogP contribution in [-0.4, -0.2) is 19.1 Å². The molecule has 2 aliphatic carbocycles. The van der Waals surface area contributed by atoms with Crippen LogP contribution in [0.2, 0.25) is 0 Å². The fourth-order valence-electron chi connectivity index (χ4n) is 2.73. The van der Waals surface area contributed by atoms with E-state index >= 15 is 0 Å². The number of sulfonamides is 1. The summed E-state index contributed by atoms with van der Waals surface area (Å²) >= 11 is 0. The minimum atomic E-state index is -3.99. The SMILES string of the molecule is NS(=O)(=O)c1ccc(NN=C2CC3CC=CC23)c([N+](=O)[O-])c1. The van der Waals surface area contributed by atoms with E-state index in [-0.39, 0.29) is 16.3 Å². The molecule has 0 spiro atoms. The summed E-state index contributed by atoms with van der Waals surface area (Å²) in [5, 5.41) is 20.3. The summed E-state index contributed by atoms with van der Waals surface area (Å²) in [6, 6.07) is 3.43. The van der Waals surface area contributed by atoms with Crippen LogP contribution in [0, 0.1) is 22.0 Å². The van der Waals surface area contributed by atoms with E-state index in [1.807, 2.05) is 0 Å². The van der Waals surface area contributed by atoms with Crippen LogP contribution in [0.25, 0.3) is 0 Å². The third-order valence-corrected chi connectivity index (χ3v) is 4.87. The van der Waals surface area contributed by atoms with Gasteiger partial charge >= 0.3 is 0 Å². The number of allylic oxidation sites excluding steroid dienone is 2. The van der Waals surface area contributed by atoms with Crippen LogP contribution < -0.4 is 10.6 Å². The molecule has 116 valence electrons. The van der Waals surface area contributed by atoms with Gasteiger partial charge in [-0.2, -0.15) is 5.10 Å². The fourth-order valence-corrected chi connectivity index (χ4v) is 3.26. The molecule has 0 aromatic heterocycles. The number of rotatable bonds is 4. The Morgan fingerprint density at radius 1 is 1.41 bits per heavy atom. The highest BCUT2D eigenvalue weighted by molar-refractivity contribution is 7.89. The van der Waals surface area contributed by atoms with Gasteiger partial charge in [0, 0.05) is 17.7 Å². The largest absolute Gasteiger partial charge is 0.295 e. The van der Waals surface area contributed by atoms with E-state index in [1.54, 1.807) is 0 Å². The zero-order valence-electron chi connectivity index (χ0n) is 11.5. The van der Waals surface area contributed by atoms with Crippen molar-refractivity contribution in [2.75, 3.05) is 5.43 Å². The number of hydrazone groups is 1. The van der Waals surface area contributed by atoms with E-state index in [0.29, 0.717) is 11.8 Å².